The predicted octanol–water partition coefficient (Wildman–Crippen LogP) is 3.97. The van der Waals surface area contributed by atoms with Gasteiger partial charge in [-0.2, -0.15) is 8.78 Å². The molecular formula is C13H14F2OS. The van der Waals surface area contributed by atoms with Crippen LogP contribution in [0.1, 0.15) is 34.3 Å². The van der Waals surface area contributed by atoms with E-state index in [1.54, 1.807) is 19.1 Å². The highest BCUT2D eigenvalue weighted by molar-refractivity contribution is 8.01. The van der Waals surface area contributed by atoms with E-state index in [4.69, 9.17) is 0 Å². The van der Waals surface area contributed by atoms with Gasteiger partial charge in [0.1, 0.15) is 0 Å². The van der Waals surface area contributed by atoms with Crippen molar-refractivity contribution in [1.82, 2.24) is 0 Å². The third kappa shape index (κ3) is 2.86. The molecule has 0 N–H and O–H groups in total. The molecule has 0 saturated heterocycles. The second kappa shape index (κ2) is 4.41. The molecule has 1 saturated carbocycles. The first-order valence-electron chi connectivity index (χ1n) is 5.58. The Hall–Kier alpha value is -0.900. The summed E-state index contributed by atoms with van der Waals surface area (Å²) < 4.78 is 27.4. The van der Waals surface area contributed by atoms with Crippen molar-refractivity contribution in [3.05, 3.63) is 34.9 Å². The third-order valence-corrected chi connectivity index (χ3v) is 4.02. The van der Waals surface area contributed by atoms with Gasteiger partial charge in [0.2, 0.25) is 5.78 Å². The number of carbonyl (C=O) groups excluding carboxylic acids is 1. The minimum absolute atomic E-state index is 0.0419. The molecule has 0 aromatic heterocycles. The summed E-state index contributed by atoms with van der Waals surface area (Å²) in [6, 6.07) is 4.94. The maximum absolute atomic E-state index is 13.7. The van der Waals surface area contributed by atoms with Gasteiger partial charge in [-0.25, -0.2) is 0 Å². The van der Waals surface area contributed by atoms with Crippen molar-refractivity contribution in [3.63, 3.8) is 0 Å². The number of Topliss-reactive ketones (excluding diaryl/α,β-unsaturated/α-hetero) is 1. The van der Waals surface area contributed by atoms with E-state index in [1.165, 1.54) is 6.07 Å². The van der Waals surface area contributed by atoms with Crippen LogP contribution in [0.2, 0.25) is 0 Å². The summed E-state index contributed by atoms with van der Waals surface area (Å²) in [7, 11) is 0. The quantitative estimate of drug-likeness (QED) is 0.758. The van der Waals surface area contributed by atoms with Gasteiger partial charge in [0.05, 0.1) is 0 Å². The Balaban J connectivity index is 2.22. The van der Waals surface area contributed by atoms with Gasteiger partial charge in [0.25, 0.3) is 0 Å². The number of carbonyl (C=O) groups is 1. The molecular weight excluding hydrogens is 242 g/mol. The maximum atomic E-state index is 13.7. The van der Waals surface area contributed by atoms with E-state index in [0.29, 0.717) is 17.3 Å². The first-order valence-corrected chi connectivity index (χ1v) is 6.46. The van der Waals surface area contributed by atoms with Gasteiger partial charge in [-0.3, -0.25) is 4.79 Å². The number of aryl methyl sites for hydroxylation is 2. The molecule has 92 valence electrons. The van der Waals surface area contributed by atoms with E-state index in [9.17, 15) is 13.6 Å². The Kier molecular flexibility index (Phi) is 3.25. The van der Waals surface area contributed by atoms with Gasteiger partial charge in [-0.1, -0.05) is 35.5 Å². The third-order valence-electron chi connectivity index (χ3n) is 2.73. The van der Waals surface area contributed by atoms with Crippen LogP contribution >= 0.6 is 11.8 Å². The number of alkyl halides is 2. The van der Waals surface area contributed by atoms with E-state index in [1.807, 2.05) is 6.92 Å². The first-order chi connectivity index (χ1) is 7.90. The number of benzene rings is 1. The highest BCUT2D eigenvalue weighted by Gasteiger charge is 2.45. The molecule has 0 atom stereocenters. The molecule has 0 bridgehead atoms. The van der Waals surface area contributed by atoms with Crippen LogP contribution in [-0.4, -0.2) is 16.3 Å². The second-order valence-electron chi connectivity index (χ2n) is 4.48. The van der Waals surface area contributed by atoms with Gasteiger partial charge >= 0.3 is 5.25 Å². The summed E-state index contributed by atoms with van der Waals surface area (Å²) in [5, 5.41) is -3.33. The molecule has 2 rings (SSSR count). The van der Waals surface area contributed by atoms with Crippen molar-refractivity contribution in [1.29, 1.82) is 0 Å². The fraction of sp³-hybridized carbons (Fsp3) is 0.462. The lowest BCUT2D eigenvalue weighted by Gasteiger charge is -2.15. The van der Waals surface area contributed by atoms with Crippen molar-refractivity contribution < 1.29 is 13.6 Å². The smallest absolute Gasteiger partial charge is 0.286 e. The fourth-order valence-corrected chi connectivity index (χ4v) is 2.68. The van der Waals surface area contributed by atoms with Crippen LogP contribution in [0.25, 0.3) is 0 Å². The van der Waals surface area contributed by atoms with Crippen LogP contribution < -0.4 is 0 Å². The zero-order valence-electron chi connectivity index (χ0n) is 9.80. The highest BCUT2D eigenvalue weighted by atomic mass is 32.2. The molecule has 1 aliphatic carbocycles. The Morgan fingerprint density at radius 3 is 2.53 bits per heavy atom. The van der Waals surface area contributed by atoms with Gasteiger partial charge in [0.15, 0.2) is 0 Å². The molecule has 0 aliphatic heterocycles. The lowest BCUT2D eigenvalue weighted by Crippen LogP contribution is -2.26. The van der Waals surface area contributed by atoms with Gasteiger partial charge in [-0.05, 0) is 32.3 Å². The summed E-state index contributed by atoms with van der Waals surface area (Å²) >= 11 is 0.501. The topological polar surface area (TPSA) is 17.1 Å². The molecule has 1 aliphatic rings. The number of ketones is 1. The Morgan fingerprint density at radius 1 is 1.35 bits per heavy atom. The monoisotopic (exact) mass is 256 g/mol. The summed E-state index contributed by atoms with van der Waals surface area (Å²) in [5.41, 5.74) is 1.72. The molecule has 1 aromatic carbocycles. The average Bonchev–Trinajstić information content (AvgIpc) is 3.00. The lowest BCUT2D eigenvalue weighted by molar-refractivity contribution is 0.0565. The number of hydrogen-bond donors (Lipinski definition) is 0. The zero-order valence-corrected chi connectivity index (χ0v) is 10.6. The molecule has 1 fully saturated rings. The first kappa shape index (κ1) is 12.6. The Morgan fingerprint density at radius 2 is 2.00 bits per heavy atom. The number of hydrogen-bond acceptors (Lipinski definition) is 2. The average molecular weight is 256 g/mol. The van der Waals surface area contributed by atoms with Crippen LogP contribution in [-0.2, 0) is 0 Å². The summed E-state index contributed by atoms with van der Waals surface area (Å²) in [4.78, 5) is 11.8. The van der Waals surface area contributed by atoms with Crippen molar-refractivity contribution in [2.24, 2.45) is 0 Å². The molecule has 1 nitrogen and oxygen atoms in total. The van der Waals surface area contributed by atoms with E-state index in [-0.39, 0.29) is 10.8 Å². The minimum atomic E-state index is -3.29. The highest BCUT2D eigenvalue weighted by Crippen LogP contribution is 2.45. The number of thioether (sulfide) groups is 1. The van der Waals surface area contributed by atoms with Crippen molar-refractivity contribution in [2.75, 3.05) is 0 Å². The SMILES string of the molecule is Cc1ccc(C(=O)C(F)(F)SC2CC2)c(C)c1. The maximum Gasteiger partial charge on any atom is 0.356 e. The molecule has 4 heteroatoms. The zero-order chi connectivity index (χ0) is 12.6. The summed E-state index contributed by atoms with van der Waals surface area (Å²) in [5.74, 6) is -1.06. The Labute approximate surface area is 104 Å². The van der Waals surface area contributed by atoms with Crippen LogP contribution in [0.15, 0.2) is 18.2 Å². The molecule has 1 aromatic rings. The molecule has 0 radical (unpaired) electrons. The van der Waals surface area contributed by atoms with E-state index in [0.717, 1.165) is 18.4 Å². The van der Waals surface area contributed by atoms with Crippen LogP contribution in [0.3, 0.4) is 0 Å². The normalized spacial score (nSPS) is 16.0. The van der Waals surface area contributed by atoms with Crippen LogP contribution in [0, 0.1) is 13.8 Å². The van der Waals surface area contributed by atoms with Crippen molar-refractivity contribution in [3.8, 4) is 0 Å². The fourth-order valence-electron chi connectivity index (χ4n) is 1.67. The lowest BCUT2D eigenvalue weighted by atomic mass is 10.0. The minimum Gasteiger partial charge on any atom is -0.286 e. The number of halogens is 2. The van der Waals surface area contributed by atoms with Gasteiger partial charge in [-0.15, -0.1) is 0 Å². The van der Waals surface area contributed by atoms with Crippen LogP contribution in [0.5, 0.6) is 0 Å². The van der Waals surface area contributed by atoms with E-state index < -0.39 is 11.0 Å². The van der Waals surface area contributed by atoms with Gasteiger partial charge < -0.3 is 0 Å². The predicted molar refractivity (Wildman–Crippen MR) is 65.8 cm³/mol. The molecule has 0 unspecified atom stereocenters. The van der Waals surface area contributed by atoms with Crippen LogP contribution in [0.4, 0.5) is 8.78 Å². The van der Waals surface area contributed by atoms with E-state index >= 15 is 0 Å². The largest absolute Gasteiger partial charge is 0.356 e. The van der Waals surface area contributed by atoms with E-state index in [2.05, 4.69) is 0 Å². The Bertz CT molecular complexity index is 453. The van der Waals surface area contributed by atoms with Gasteiger partial charge in [0, 0.05) is 10.8 Å². The molecule has 17 heavy (non-hydrogen) atoms. The second-order valence-corrected chi connectivity index (χ2v) is 5.90. The molecule has 0 amide bonds. The number of rotatable bonds is 4. The van der Waals surface area contributed by atoms with Crippen molar-refractivity contribution >= 4 is 17.5 Å². The molecule has 0 heterocycles. The summed E-state index contributed by atoms with van der Waals surface area (Å²) in [6.07, 6.45) is 1.58. The summed E-state index contributed by atoms with van der Waals surface area (Å²) in [6.45, 7) is 3.57. The van der Waals surface area contributed by atoms with Crippen molar-refractivity contribution in [2.45, 2.75) is 37.2 Å². The molecule has 0 spiro atoms. The standard InChI is InChI=1S/C13H14F2OS/c1-8-3-6-11(9(2)7-8)12(16)13(14,15)17-10-4-5-10/h3,6-7,10H,4-5H2,1-2H3.